The highest BCUT2D eigenvalue weighted by Gasteiger charge is 2.17. The summed E-state index contributed by atoms with van der Waals surface area (Å²) < 4.78 is 9.19. The van der Waals surface area contributed by atoms with Gasteiger partial charge in [0.25, 0.3) is 11.7 Å². The fourth-order valence-electron chi connectivity index (χ4n) is 1.76. The minimum absolute atomic E-state index is 0.00292. The standard InChI is InChI=1S/C11H19N2O2/c1-5-12-9(4)13(6-2)11(15-7-3)8-10(12)14/h8H,5-7H2,1-4H3/q+1. The molecule has 0 N–H and O–H groups in total. The average Bonchev–Trinajstić information content (AvgIpc) is 2.19. The topological polar surface area (TPSA) is 35.1 Å². The quantitative estimate of drug-likeness (QED) is 0.693. The molecule has 1 aromatic heterocycles. The number of hydrogen-bond acceptors (Lipinski definition) is 2. The lowest BCUT2D eigenvalue weighted by Crippen LogP contribution is -2.44. The summed E-state index contributed by atoms with van der Waals surface area (Å²) in [5, 5.41) is 0. The van der Waals surface area contributed by atoms with E-state index in [0.717, 1.165) is 12.4 Å². The van der Waals surface area contributed by atoms with E-state index >= 15 is 0 Å². The molecule has 15 heavy (non-hydrogen) atoms. The van der Waals surface area contributed by atoms with Crippen molar-refractivity contribution in [3.8, 4) is 5.88 Å². The highest BCUT2D eigenvalue weighted by molar-refractivity contribution is 5.01. The van der Waals surface area contributed by atoms with Crippen LogP contribution in [0.2, 0.25) is 0 Å². The number of rotatable bonds is 4. The van der Waals surface area contributed by atoms with Crippen molar-refractivity contribution >= 4 is 0 Å². The third-order valence-corrected chi connectivity index (χ3v) is 2.48. The molecule has 0 bridgehead atoms. The predicted molar refractivity (Wildman–Crippen MR) is 58.2 cm³/mol. The summed E-state index contributed by atoms with van der Waals surface area (Å²) in [7, 11) is 0. The molecule has 0 radical (unpaired) electrons. The van der Waals surface area contributed by atoms with Crippen molar-refractivity contribution < 1.29 is 9.30 Å². The van der Waals surface area contributed by atoms with Crippen molar-refractivity contribution in [2.75, 3.05) is 6.61 Å². The van der Waals surface area contributed by atoms with Crippen LogP contribution in [0.25, 0.3) is 0 Å². The molecular formula is C11H19N2O2+. The minimum atomic E-state index is 0.00292. The molecule has 0 saturated carbocycles. The van der Waals surface area contributed by atoms with Gasteiger partial charge in [0.05, 0.1) is 19.7 Å². The summed E-state index contributed by atoms with van der Waals surface area (Å²) in [5.74, 6) is 1.60. The Bertz CT molecular complexity index is 396. The van der Waals surface area contributed by atoms with Crippen LogP contribution in [0.3, 0.4) is 0 Å². The highest BCUT2D eigenvalue weighted by Crippen LogP contribution is 2.01. The molecule has 1 rings (SSSR count). The van der Waals surface area contributed by atoms with E-state index in [0.29, 0.717) is 19.0 Å². The van der Waals surface area contributed by atoms with E-state index < -0.39 is 0 Å². The average molecular weight is 211 g/mol. The van der Waals surface area contributed by atoms with Gasteiger partial charge < -0.3 is 4.74 Å². The molecule has 1 heterocycles. The Morgan fingerprint density at radius 1 is 1.40 bits per heavy atom. The zero-order valence-electron chi connectivity index (χ0n) is 9.91. The van der Waals surface area contributed by atoms with E-state index in [1.165, 1.54) is 0 Å². The summed E-state index contributed by atoms with van der Waals surface area (Å²) in [6, 6.07) is 1.56. The lowest BCUT2D eigenvalue weighted by atomic mass is 10.4. The number of ether oxygens (including phenoxy) is 1. The zero-order chi connectivity index (χ0) is 11.4. The Kier molecular flexibility index (Phi) is 3.88. The molecule has 0 amide bonds. The van der Waals surface area contributed by atoms with E-state index in [4.69, 9.17) is 4.74 Å². The summed E-state index contributed by atoms with van der Waals surface area (Å²) >= 11 is 0. The van der Waals surface area contributed by atoms with Crippen molar-refractivity contribution in [3.63, 3.8) is 0 Å². The third kappa shape index (κ3) is 2.19. The van der Waals surface area contributed by atoms with Crippen LogP contribution < -0.4 is 14.9 Å². The maximum atomic E-state index is 11.7. The van der Waals surface area contributed by atoms with Gasteiger partial charge in [-0.15, -0.1) is 0 Å². The molecule has 0 aliphatic rings. The van der Waals surface area contributed by atoms with Crippen molar-refractivity contribution in [2.24, 2.45) is 0 Å². The highest BCUT2D eigenvalue weighted by atomic mass is 16.5. The predicted octanol–water partition coefficient (Wildman–Crippen LogP) is 0.883. The normalized spacial score (nSPS) is 10.4. The van der Waals surface area contributed by atoms with E-state index in [-0.39, 0.29) is 5.56 Å². The second-order valence-corrected chi connectivity index (χ2v) is 3.29. The van der Waals surface area contributed by atoms with Crippen LogP contribution in [0, 0.1) is 6.92 Å². The van der Waals surface area contributed by atoms with Gasteiger partial charge in [0.2, 0.25) is 0 Å². The van der Waals surface area contributed by atoms with Crippen LogP contribution in [-0.4, -0.2) is 11.2 Å². The largest absolute Gasteiger partial charge is 0.462 e. The molecular weight excluding hydrogens is 192 g/mol. The fourth-order valence-corrected chi connectivity index (χ4v) is 1.76. The van der Waals surface area contributed by atoms with Gasteiger partial charge in [-0.05, 0) is 20.8 Å². The second kappa shape index (κ2) is 4.96. The Balaban J connectivity index is 3.37. The van der Waals surface area contributed by atoms with Gasteiger partial charge >= 0.3 is 5.56 Å². The molecule has 0 fully saturated rings. The molecule has 84 valence electrons. The third-order valence-electron chi connectivity index (χ3n) is 2.48. The summed E-state index contributed by atoms with van der Waals surface area (Å²) in [6.07, 6.45) is 0. The molecule has 0 aromatic carbocycles. The molecule has 0 spiro atoms. The second-order valence-electron chi connectivity index (χ2n) is 3.29. The smallest absolute Gasteiger partial charge is 0.341 e. The summed E-state index contributed by atoms with van der Waals surface area (Å²) in [6.45, 7) is 9.94. The van der Waals surface area contributed by atoms with Crippen LogP contribution in [-0.2, 0) is 13.1 Å². The van der Waals surface area contributed by atoms with Crippen LogP contribution in [0.5, 0.6) is 5.88 Å². The van der Waals surface area contributed by atoms with Gasteiger partial charge in [0.15, 0.2) is 0 Å². The Hall–Kier alpha value is -1.32. The van der Waals surface area contributed by atoms with Crippen molar-refractivity contribution in [2.45, 2.75) is 40.8 Å². The van der Waals surface area contributed by atoms with Gasteiger partial charge in [0.1, 0.15) is 6.07 Å². The van der Waals surface area contributed by atoms with Crippen molar-refractivity contribution in [3.05, 3.63) is 22.2 Å². The molecule has 4 heteroatoms. The van der Waals surface area contributed by atoms with Crippen LogP contribution in [0.4, 0.5) is 0 Å². The Morgan fingerprint density at radius 2 is 2.07 bits per heavy atom. The molecule has 1 aromatic rings. The van der Waals surface area contributed by atoms with Gasteiger partial charge in [-0.25, -0.2) is 9.36 Å². The summed E-state index contributed by atoms with van der Waals surface area (Å²) in [4.78, 5) is 11.7. The monoisotopic (exact) mass is 211 g/mol. The SMILES string of the molecule is CCOc1cc(=O)n(CC)c(C)[n+]1CC. The molecule has 0 unspecified atom stereocenters. The lowest BCUT2D eigenvalue weighted by molar-refractivity contribution is -0.709. The minimum Gasteiger partial charge on any atom is -0.462 e. The number of aromatic nitrogens is 2. The molecule has 0 atom stereocenters. The first-order valence-electron chi connectivity index (χ1n) is 5.42. The van der Waals surface area contributed by atoms with Crippen molar-refractivity contribution in [1.82, 2.24) is 4.57 Å². The fraction of sp³-hybridized carbons (Fsp3) is 0.636. The number of hydrogen-bond donors (Lipinski definition) is 0. The Morgan fingerprint density at radius 3 is 2.53 bits per heavy atom. The first kappa shape index (κ1) is 11.8. The lowest BCUT2D eigenvalue weighted by Gasteiger charge is -2.10. The van der Waals surface area contributed by atoms with E-state index in [1.54, 1.807) is 10.6 Å². The first-order valence-corrected chi connectivity index (χ1v) is 5.42. The maximum Gasteiger partial charge on any atom is 0.341 e. The van der Waals surface area contributed by atoms with Gasteiger partial charge in [0, 0.05) is 6.92 Å². The van der Waals surface area contributed by atoms with Crippen LogP contribution >= 0.6 is 0 Å². The zero-order valence-corrected chi connectivity index (χ0v) is 9.91. The van der Waals surface area contributed by atoms with Crippen LogP contribution in [0.1, 0.15) is 26.6 Å². The van der Waals surface area contributed by atoms with Gasteiger partial charge in [-0.2, -0.15) is 4.57 Å². The van der Waals surface area contributed by atoms with Gasteiger partial charge in [-0.3, -0.25) is 0 Å². The van der Waals surface area contributed by atoms with E-state index in [9.17, 15) is 4.79 Å². The Labute approximate surface area is 90.1 Å². The van der Waals surface area contributed by atoms with Gasteiger partial charge in [-0.1, -0.05) is 0 Å². The molecule has 0 saturated heterocycles. The van der Waals surface area contributed by atoms with E-state index in [2.05, 4.69) is 0 Å². The molecule has 0 aliphatic heterocycles. The van der Waals surface area contributed by atoms with Crippen LogP contribution in [0.15, 0.2) is 10.9 Å². The maximum absolute atomic E-state index is 11.7. The van der Waals surface area contributed by atoms with Crippen molar-refractivity contribution in [1.29, 1.82) is 0 Å². The molecule has 0 aliphatic carbocycles. The number of nitrogens with zero attached hydrogens (tertiary/aromatic N) is 2. The van der Waals surface area contributed by atoms with E-state index in [1.807, 2.05) is 32.3 Å². The summed E-state index contributed by atoms with van der Waals surface area (Å²) in [5.41, 5.74) is 0.00292. The molecule has 4 nitrogen and oxygen atoms in total. The first-order chi connectivity index (χ1) is 7.15.